The van der Waals surface area contributed by atoms with Crippen molar-refractivity contribution in [3.8, 4) is 0 Å². The van der Waals surface area contributed by atoms with Gasteiger partial charge in [0.2, 0.25) is 0 Å². The average molecular weight is 229 g/mol. The smallest absolute Gasteiger partial charge is 0.0646 e. The van der Waals surface area contributed by atoms with E-state index in [1.54, 1.807) is 0 Å². The molecule has 2 atom stereocenters. The Labute approximate surface area is 97.7 Å². The third-order valence-corrected chi connectivity index (χ3v) is 4.97. The first-order valence-electron chi connectivity index (χ1n) is 6.12. The highest BCUT2D eigenvalue weighted by molar-refractivity contribution is 7.99. The van der Waals surface area contributed by atoms with Crippen molar-refractivity contribution < 1.29 is 4.74 Å². The Balaban J connectivity index is 1.92. The Morgan fingerprint density at radius 3 is 3.13 bits per heavy atom. The molecule has 0 amide bonds. The van der Waals surface area contributed by atoms with E-state index >= 15 is 0 Å². The molecule has 0 aliphatic carbocycles. The second-order valence-corrected chi connectivity index (χ2v) is 6.26. The SMILES string of the molecule is CCSC[C@H]1CN2CCC[C@@]2(COC)C1. The van der Waals surface area contributed by atoms with E-state index in [0.717, 1.165) is 12.5 Å². The van der Waals surface area contributed by atoms with Crippen LogP contribution in [0.1, 0.15) is 26.2 Å². The minimum Gasteiger partial charge on any atom is -0.383 e. The summed E-state index contributed by atoms with van der Waals surface area (Å²) >= 11 is 2.09. The lowest BCUT2D eigenvalue weighted by Crippen LogP contribution is -2.42. The van der Waals surface area contributed by atoms with E-state index in [4.69, 9.17) is 4.74 Å². The van der Waals surface area contributed by atoms with Crippen LogP contribution in [0, 0.1) is 5.92 Å². The quantitative estimate of drug-likeness (QED) is 0.717. The lowest BCUT2D eigenvalue weighted by molar-refractivity contribution is 0.0654. The van der Waals surface area contributed by atoms with Crippen molar-refractivity contribution in [3.05, 3.63) is 0 Å². The summed E-state index contributed by atoms with van der Waals surface area (Å²) in [6, 6.07) is 0. The fourth-order valence-electron chi connectivity index (χ4n) is 3.31. The first kappa shape index (κ1) is 11.7. The summed E-state index contributed by atoms with van der Waals surface area (Å²) in [5.74, 6) is 3.51. The van der Waals surface area contributed by atoms with Crippen LogP contribution in [0.2, 0.25) is 0 Å². The molecule has 2 saturated heterocycles. The van der Waals surface area contributed by atoms with Crippen molar-refractivity contribution in [2.24, 2.45) is 5.92 Å². The summed E-state index contributed by atoms with van der Waals surface area (Å²) in [5, 5.41) is 0. The molecule has 3 heteroatoms. The molecule has 0 unspecified atom stereocenters. The molecule has 2 nitrogen and oxygen atoms in total. The largest absolute Gasteiger partial charge is 0.383 e. The molecule has 0 aromatic rings. The lowest BCUT2D eigenvalue weighted by atomic mass is 9.91. The number of thioether (sulfide) groups is 1. The van der Waals surface area contributed by atoms with Gasteiger partial charge in [-0.25, -0.2) is 0 Å². The minimum absolute atomic E-state index is 0.424. The Hall–Kier alpha value is 0.270. The molecule has 2 aliphatic heterocycles. The van der Waals surface area contributed by atoms with E-state index in [0.29, 0.717) is 5.54 Å². The summed E-state index contributed by atoms with van der Waals surface area (Å²) in [6.07, 6.45) is 4.10. The van der Waals surface area contributed by atoms with Crippen LogP contribution in [-0.2, 0) is 4.74 Å². The van der Waals surface area contributed by atoms with E-state index in [2.05, 4.69) is 23.6 Å². The molecule has 2 fully saturated rings. The van der Waals surface area contributed by atoms with Gasteiger partial charge in [0.05, 0.1) is 6.61 Å². The summed E-state index contributed by atoms with van der Waals surface area (Å²) in [4.78, 5) is 2.69. The number of nitrogens with zero attached hydrogens (tertiary/aromatic N) is 1. The van der Waals surface area contributed by atoms with Crippen LogP contribution >= 0.6 is 11.8 Å². The maximum Gasteiger partial charge on any atom is 0.0646 e. The van der Waals surface area contributed by atoms with Crippen LogP contribution in [-0.4, -0.2) is 48.8 Å². The number of ether oxygens (including phenoxy) is 1. The maximum absolute atomic E-state index is 5.43. The zero-order valence-corrected chi connectivity index (χ0v) is 10.8. The standard InChI is InChI=1S/C12H23NOS/c1-3-15-9-11-7-12(10-14-2)5-4-6-13(12)8-11/h11H,3-10H2,1-2H3/t11-,12+/m1/s1. The molecule has 2 heterocycles. The number of fused-ring (bicyclic) bond motifs is 1. The predicted molar refractivity (Wildman–Crippen MR) is 66.5 cm³/mol. The fraction of sp³-hybridized carbons (Fsp3) is 1.00. The second-order valence-electron chi connectivity index (χ2n) is 4.94. The van der Waals surface area contributed by atoms with Crippen molar-refractivity contribution in [1.29, 1.82) is 0 Å². The Kier molecular flexibility index (Phi) is 3.97. The molecule has 2 rings (SSSR count). The van der Waals surface area contributed by atoms with Crippen LogP contribution in [0.3, 0.4) is 0 Å². The lowest BCUT2D eigenvalue weighted by Gasteiger charge is -2.30. The van der Waals surface area contributed by atoms with Gasteiger partial charge in [-0.1, -0.05) is 6.92 Å². The highest BCUT2D eigenvalue weighted by Gasteiger charge is 2.47. The van der Waals surface area contributed by atoms with Gasteiger partial charge in [0.1, 0.15) is 0 Å². The fourth-order valence-corrected chi connectivity index (χ4v) is 4.10. The molecule has 0 radical (unpaired) electrons. The molecule has 0 N–H and O–H groups in total. The van der Waals surface area contributed by atoms with E-state index < -0.39 is 0 Å². The monoisotopic (exact) mass is 229 g/mol. The van der Waals surface area contributed by atoms with Gasteiger partial charge in [0, 0.05) is 19.2 Å². The molecular formula is C12H23NOS. The predicted octanol–water partition coefficient (Wildman–Crippen LogP) is 2.24. The zero-order valence-electron chi connectivity index (χ0n) is 10.00. The molecule has 0 bridgehead atoms. The van der Waals surface area contributed by atoms with E-state index in [1.807, 2.05) is 7.11 Å². The van der Waals surface area contributed by atoms with E-state index in [1.165, 1.54) is 43.9 Å². The number of methoxy groups -OCH3 is 1. The molecule has 0 spiro atoms. The first-order valence-corrected chi connectivity index (χ1v) is 7.28. The maximum atomic E-state index is 5.43. The van der Waals surface area contributed by atoms with Gasteiger partial charge in [-0.15, -0.1) is 0 Å². The van der Waals surface area contributed by atoms with Crippen LogP contribution in [0.25, 0.3) is 0 Å². The van der Waals surface area contributed by atoms with Crippen molar-refractivity contribution in [2.75, 3.05) is 38.3 Å². The van der Waals surface area contributed by atoms with Crippen LogP contribution in [0.15, 0.2) is 0 Å². The second kappa shape index (κ2) is 5.07. The Morgan fingerprint density at radius 1 is 1.53 bits per heavy atom. The molecule has 0 aromatic carbocycles. The van der Waals surface area contributed by atoms with Gasteiger partial charge in [0.25, 0.3) is 0 Å². The van der Waals surface area contributed by atoms with E-state index in [9.17, 15) is 0 Å². The van der Waals surface area contributed by atoms with Gasteiger partial charge in [-0.05, 0) is 43.2 Å². The molecular weight excluding hydrogens is 206 g/mol. The van der Waals surface area contributed by atoms with Gasteiger partial charge < -0.3 is 4.74 Å². The normalized spacial score (nSPS) is 36.0. The topological polar surface area (TPSA) is 12.5 Å². The Morgan fingerprint density at radius 2 is 2.40 bits per heavy atom. The third kappa shape index (κ3) is 2.34. The number of hydrogen-bond donors (Lipinski definition) is 0. The van der Waals surface area contributed by atoms with E-state index in [-0.39, 0.29) is 0 Å². The van der Waals surface area contributed by atoms with Gasteiger partial charge in [-0.2, -0.15) is 11.8 Å². The van der Waals surface area contributed by atoms with Gasteiger partial charge in [0.15, 0.2) is 0 Å². The van der Waals surface area contributed by atoms with Gasteiger partial charge in [-0.3, -0.25) is 4.90 Å². The van der Waals surface area contributed by atoms with Gasteiger partial charge >= 0.3 is 0 Å². The third-order valence-electron chi connectivity index (χ3n) is 3.86. The number of rotatable bonds is 5. The van der Waals surface area contributed by atoms with Crippen molar-refractivity contribution in [1.82, 2.24) is 4.90 Å². The Bertz CT molecular complexity index is 212. The summed E-state index contributed by atoms with van der Waals surface area (Å²) < 4.78 is 5.43. The molecule has 2 aliphatic rings. The van der Waals surface area contributed by atoms with Crippen molar-refractivity contribution >= 4 is 11.8 Å². The highest BCUT2D eigenvalue weighted by atomic mass is 32.2. The zero-order chi connectivity index (χ0) is 10.7. The molecule has 0 aromatic heterocycles. The first-order chi connectivity index (χ1) is 7.30. The van der Waals surface area contributed by atoms with Crippen molar-refractivity contribution in [3.63, 3.8) is 0 Å². The van der Waals surface area contributed by atoms with Crippen LogP contribution < -0.4 is 0 Å². The number of hydrogen-bond acceptors (Lipinski definition) is 3. The van der Waals surface area contributed by atoms with Crippen LogP contribution in [0.4, 0.5) is 0 Å². The van der Waals surface area contributed by atoms with Crippen LogP contribution in [0.5, 0.6) is 0 Å². The van der Waals surface area contributed by atoms with Crippen molar-refractivity contribution in [2.45, 2.75) is 31.7 Å². The molecule has 15 heavy (non-hydrogen) atoms. The molecule has 88 valence electrons. The summed E-state index contributed by atoms with van der Waals surface area (Å²) in [6.45, 7) is 5.82. The highest BCUT2D eigenvalue weighted by Crippen LogP contribution is 2.42. The summed E-state index contributed by atoms with van der Waals surface area (Å²) in [7, 11) is 1.85. The minimum atomic E-state index is 0.424. The summed E-state index contributed by atoms with van der Waals surface area (Å²) in [5.41, 5.74) is 0.424. The average Bonchev–Trinajstić information content (AvgIpc) is 2.71. The molecule has 0 saturated carbocycles.